The first-order valence-corrected chi connectivity index (χ1v) is 4.61. The average Bonchev–Trinajstić information content (AvgIpc) is 2.20. The molecule has 0 amide bonds. The first-order chi connectivity index (χ1) is 7.24. The Hall–Kier alpha value is -1.20. The van der Waals surface area contributed by atoms with Gasteiger partial charge < -0.3 is 9.57 Å². The molecule has 0 aliphatic rings. The van der Waals surface area contributed by atoms with E-state index in [0.717, 1.165) is 0 Å². The van der Waals surface area contributed by atoms with Crippen molar-refractivity contribution in [1.29, 1.82) is 0 Å². The summed E-state index contributed by atoms with van der Waals surface area (Å²) in [4.78, 5) is 4.90. The zero-order valence-corrected chi connectivity index (χ0v) is 8.37. The molecule has 0 aliphatic heterocycles. The number of benzene rings is 1. The molecule has 0 radical (unpaired) electrons. The lowest BCUT2D eigenvalue weighted by atomic mass is 10.2. The summed E-state index contributed by atoms with van der Waals surface area (Å²) in [6, 6.07) is 6.59. The summed E-state index contributed by atoms with van der Waals surface area (Å²) in [6.07, 6.45) is 0. The molecule has 1 rings (SSSR count). The van der Waals surface area contributed by atoms with Crippen molar-refractivity contribution in [2.45, 2.75) is 20.1 Å². The van der Waals surface area contributed by atoms with Crippen LogP contribution in [0.5, 0.6) is 5.75 Å². The minimum atomic E-state index is -2.81. The van der Waals surface area contributed by atoms with Crippen LogP contribution < -0.4 is 10.2 Å². The van der Waals surface area contributed by atoms with Crippen molar-refractivity contribution < 1.29 is 18.4 Å². The Labute approximate surface area is 87.0 Å². The monoisotopic (exact) mass is 217 g/mol. The Balaban J connectivity index is 2.60. The SMILES string of the molecule is CCONCc1ccccc1OC(F)F. The summed E-state index contributed by atoms with van der Waals surface area (Å²) in [5.74, 6) is 0.166. The summed E-state index contributed by atoms with van der Waals surface area (Å²) in [5.41, 5.74) is 3.27. The maximum absolute atomic E-state index is 12.0. The third-order valence-corrected chi connectivity index (χ3v) is 1.70. The third-order valence-electron chi connectivity index (χ3n) is 1.70. The molecule has 15 heavy (non-hydrogen) atoms. The van der Waals surface area contributed by atoms with Crippen LogP contribution in [0.25, 0.3) is 0 Å². The van der Waals surface area contributed by atoms with Gasteiger partial charge in [0.1, 0.15) is 5.75 Å². The van der Waals surface area contributed by atoms with Crippen LogP contribution in [0.4, 0.5) is 8.78 Å². The van der Waals surface area contributed by atoms with E-state index in [1.165, 1.54) is 6.07 Å². The molecule has 0 heterocycles. The molecule has 0 spiro atoms. The Morgan fingerprint density at radius 3 is 2.73 bits per heavy atom. The lowest BCUT2D eigenvalue weighted by Crippen LogP contribution is -2.15. The van der Waals surface area contributed by atoms with Crippen LogP contribution in [-0.4, -0.2) is 13.2 Å². The average molecular weight is 217 g/mol. The van der Waals surface area contributed by atoms with Gasteiger partial charge in [-0.2, -0.15) is 14.3 Å². The highest BCUT2D eigenvalue weighted by atomic mass is 19.3. The molecule has 0 aliphatic carbocycles. The molecule has 0 aromatic heterocycles. The smallest absolute Gasteiger partial charge is 0.387 e. The standard InChI is InChI=1S/C10H13F2NO2/c1-2-14-13-7-8-5-3-4-6-9(8)15-10(11)12/h3-6,10,13H,2,7H2,1H3. The fraction of sp³-hybridized carbons (Fsp3) is 0.400. The van der Waals surface area contributed by atoms with E-state index in [9.17, 15) is 8.78 Å². The zero-order chi connectivity index (χ0) is 11.1. The van der Waals surface area contributed by atoms with Crippen molar-refractivity contribution in [3.63, 3.8) is 0 Å². The summed E-state index contributed by atoms with van der Waals surface area (Å²) >= 11 is 0. The van der Waals surface area contributed by atoms with Gasteiger partial charge in [-0.1, -0.05) is 18.2 Å². The van der Waals surface area contributed by atoms with E-state index in [0.29, 0.717) is 18.7 Å². The van der Waals surface area contributed by atoms with Crippen LogP contribution in [0.15, 0.2) is 24.3 Å². The number of para-hydroxylation sites is 1. The molecule has 0 saturated heterocycles. The number of alkyl halides is 2. The highest BCUT2D eigenvalue weighted by Crippen LogP contribution is 2.19. The number of rotatable bonds is 6. The van der Waals surface area contributed by atoms with Crippen LogP contribution >= 0.6 is 0 Å². The third kappa shape index (κ3) is 4.22. The van der Waals surface area contributed by atoms with Gasteiger partial charge in [0.05, 0.1) is 6.61 Å². The molecule has 0 fully saturated rings. The lowest BCUT2D eigenvalue weighted by molar-refractivity contribution is -0.0510. The summed E-state index contributed by atoms with van der Waals surface area (Å²) in [7, 11) is 0. The second kappa shape index (κ2) is 6.31. The predicted octanol–water partition coefficient (Wildman–Crippen LogP) is 2.33. The largest absolute Gasteiger partial charge is 0.434 e. The molecule has 0 atom stereocenters. The predicted molar refractivity (Wildman–Crippen MR) is 51.5 cm³/mol. The minimum absolute atomic E-state index is 0.166. The van der Waals surface area contributed by atoms with E-state index >= 15 is 0 Å². The van der Waals surface area contributed by atoms with Crippen LogP contribution in [0, 0.1) is 0 Å². The highest BCUT2D eigenvalue weighted by molar-refractivity contribution is 5.32. The Morgan fingerprint density at radius 2 is 2.07 bits per heavy atom. The fourth-order valence-corrected chi connectivity index (χ4v) is 1.09. The maximum atomic E-state index is 12.0. The number of nitrogens with one attached hydrogen (secondary N) is 1. The molecule has 0 bridgehead atoms. The molecule has 84 valence electrons. The van der Waals surface area contributed by atoms with E-state index in [4.69, 9.17) is 4.84 Å². The molecule has 0 unspecified atom stereocenters. The summed E-state index contributed by atoms with van der Waals surface area (Å²) in [6.45, 7) is -0.137. The fourth-order valence-electron chi connectivity index (χ4n) is 1.09. The molecule has 1 aromatic rings. The Morgan fingerprint density at radius 1 is 1.33 bits per heavy atom. The van der Waals surface area contributed by atoms with Gasteiger partial charge in [-0.25, -0.2) is 0 Å². The van der Waals surface area contributed by atoms with Gasteiger partial charge in [-0.05, 0) is 13.0 Å². The van der Waals surface area contributed by atoms with Gasteiger partial charge in [-0.3, -0.25) is 0 Å². The first kappa shape index (κ1) is 11.9. The van der Waals surface area contributed by atoms with E-state index in [1.54, 1.807) is 18.2 Å². The molecule has 3 nitrogen and oxygen atoms in total. The molecular formula is C10H13F2NO2. The number of hydrogen-bond acceptors (Lipinski definition) is 3. The highest BCUT2D eigenvalue weighted by Gasteiger charge is 2.08. The number of hydrogen-bond donors (Lipinski definition) is 1. The van der Waals surface area contributed by atoms with Crippen molar-refractivity contribution in [1.82, 2.24) is 5.48 Å². The number of hydroxylamine groups is 1. The van der Waals surface area contributed by atoms with E-state index in [1.807, 2.05) is 6.92 Å². The van der Waals surface area contributed by atoms with Crippen molar-refractivity contribution >= 4 is 0 Å². The van der Waals surface area contributed by atoms with Crippen molar-refractivity contribution in [3.05, 3.63) is 29.8 Å². The minimum Gasteiger partial charge on any atom is -0.434 e. The molecule has 5 heteroatoms. The van der Waals surface area contributed by atoms with Crippen molar-refractivity contribution in [2.75, 3.05) is 6.61 Å². The van der Waals surface area contributed by atoms with Gasteiger partial charge in [0, 0.05) is 12.1 Å². The Bertz CT molecular complexity index is 295. The second-order valence-corrected chi connectivity index (χ2v) is 2.74. The first-order valence-electron chi connectivity index (χ1n) is 4.61. The van der Waals surface area contributed by atoms with Gasteiger partial charge in [0.25, 0.3) is 0 Å². The van der Waals surface area contributed by atoms with E-state index in [2.05, 4.69) is 10.2 Å². The van der Waals surface area contributed by atoms with Gasteiger partial charge in [0.2, 0.25) is 0 Å². The van der Waals surface area contributed by atoms with Gasteiger partial charge in [0.15, 0.2) is 0 Å². The molecule has 0 saturated carbocycles. The molecule has 1 aromatic carbocycles. The maximum Gasteiger partial charge on any atom is 0.387 e. The molecule has 1 N–H and O–H groups in total. The van der Waals surface area contributed by atoms with Crippen LogP contribution in [0.2, 0.25) is 0 Å². The van der Waals surface area contributed by atoms with Crippen LogP contribution in [0.1, 0.15) is 12.5 Å². The summed E-state index contributed by atoms with van der Waals surface area (Å²) in [5, 5.41) is 0. The van der Waals surface area contributed by atoms with Crippen molar-refractivity contribution in [3.8, 4) is 5.75 Å². The summed E-state index contributed by atoms with van der Waals surface area (Å²) < 4.78 is 28.4. The number of halogens is 2. The zero-order valence-electron chi connectivity index (χ0n) is 8.37. The van der Waals surface area contributed by atoms with Crippen molar-refractivity contribution in [2.24, 2.45) is 0 Å². The Kier molecular flexibility index (Phi) is 5.00. The normalized spacial score (nSPS) is 10.7. The number of ether oxygens (including phenoxy) is 1. The molecular weight excluding hydrogens is 204 g/mol. The van der Waals surface area contributed by atoms with Gasteiger partial charge in [-0.15, -0.1) is 0 Å². The quantitative estimate of drug-likeness (QED) is 0.586. The van der Waals surface area contributed by atoms with E-state index < -0.39 is 6.61 Å². The van der Waals surface area contributed by atoms with Crippen LogP contribution in [0.3, 0.4) is 0 Å². The van der Waals surface area contributed by atoms with Gasteiger partial charge >= 0.3 is 6.61 Å². The van der Waals surface area contributed by atoms with Crippen LogP contribution in [-0.2, 0) is 11.4 Å². The second-order valence-electron chi connectivity index (χ2n) is 2.74. The van der Waals surface area contributed by atoms with E-state index in [-0.39, 0.29) is 5.75 Å². The topological polar surface area (TPSA) is 30.5 Å². The lowest BCUT2D eigenvalue weighted by Gasteiger charge is -2.10.